The van der Waals surface area contributed by atoms with Crippen molar-refractivity contribution in [1.82, 2.24) is 4.72 Å². The highest BCUT2D eigenvalue weighted by Gasteiger charge is 2.16. The van der Waals surface area contributed by atoms with Crippen molar-refractivity contribution < 1.29 is 13.2 Å². The van der Waals surface area contributed by atoms with Crippen LogP contribution in [0, 0.1) is 11.3 Å². The van der Waals surface area contributed by atoms with E-state index in [2.05, 4.69) is 4.72 Å². The Morgan fingerprint density at radius 2 is 2.22 bits per heavy atom. The smallest absolute Gasteiger partial charge is 0.242 e. The van der Waals surface area contributed by atoms with Gasteiger partial charge in [0.1, 0.15) is 4.90 Å². The second kappa shape index (κ2) is 6.35. The van der Waals surface area contributed by atoms with Gasteiger partial charge in [-0.3, -0.25) is 0 Å². The van der Waals surface area contributed by atoms with Gasteiger partial charge in [-0.25, -0.2) is 13.1 Å². The molecule has 6 nitrogen and oxygen atoms in total. The lowest BCUT2D eigenvalue weighted by atomic mass is 10.2. The Labute approximate surface area is 106 Å². The summed E-state index contributed by atoms with van der Waals surface area (Å²) in [6.07, 6.45) is 0.575. The maximum absolute atomic E-state index is 11.9. The number of nitrogens with two attached hydrogens (primary N) is 1. The van der Waals surface area contributed by atoms with Crippen molar-refractivity contribution in [3.63, 3.8) is 0 Å². The zero-order valence-electron chi connectivity index (χ0n) is 10.0. The predicted molar refractivity (Wildman–Crippen MR) is 67.3 cm³/mol. The fourth-order valence-corrected chi connectivity index (χ4v) is 2.55. The van der Waals surface area contributed by atoms with Gasteiger partial charge in [0.2, 0.25) is 10.0 Å². The average Bonchev–Trinajstić information content (AvgIpc) is 2.34. The molecule has 0 saturated carbocycles. The van der Waals surface area contributed by atoms with Crippen molar-refractivity contribution in [2.45, 2.75) is 11.3 Å². The number of anilines is 1. The van der Waals surface area contributed by atoms with E-state index in [0.29, 0.717) is 18.6 Å². The van der Waals surface area contributed by atoms with E-state index in [1.165, 1.54) is 18.2 Å². The molecule has 1 aromatic carbocycles. The molecule has 1 rings (SSSR count). The molecule has 0 saturated heterocycles. The standard InChI is InChI=1S/C11H15N3O3S/c1-17-6-2-5-14-18(15,16)11-4-3-9(8-12)7-10(11)13/h3-4,7,14H,2,5-6,13H2,1H3. The third-order valence-electron chi connectivity index (χ3n) is 2.25. The van der Waals surface area contributed by atoms with Gasteiger partial charge in [-0.2, -0.15) is 5.26 Å². The number of nitrogens with one attached hydrogen (secondary N) is 1. The third-order valence-corrected chi connectivity index (χ3v) is 3.78. The van der Waals surface area contributed by atoms with E-state index in [1.807, 2.05) is 6.07 Å². The van der Waals surface area contributed by atoms with Crippen LogP contribution < -0.4 is 10.5 Å². The first-order valence-electron chi connectivity index (χ1n) is 5.29. The fourth-order valence-electron chi connectivity index (χ4n) is 1.36. The van der Waals surface area contributed by atoms with Crippen LogP contribution in [0.15, 0.2) is 23.1 Å². The highest BCUT2D eigenvalue weighted by atomic mass is 32.2. The molecule has 0 aliphatic heterocycles. The lowest BCUT2D eigenvalue weighted by molar-refractivity contribution is 0.196. The van der Waals surface area contributed by atoms with E-state index < -0.39 is 10.0 Å². The van der Waals surface area contributed by atoms with Crippen LogP contribution in [0.4, 0.5) is 5.69 Å². The minimum Gasteiger partial charge on any atom is -0.398 e. The maximum atomic E-state index is 11.9. The molecule has 0 unspecified atom stereocenters. The molecule has 0 atom stereocenters. The second-order valence-corrected chi connectivity index (χ2v) is 5.34. The van der Waals surface area contributed by atoms with Gasteiger partial charge in [0.15, 0.2) is 0 Å². The molecule has 0 fully saturated rings. The van der Waals surface area contributed by atoms with Crippen LogP contribution in [0.5, 0.6) is 0 Å². The summed E-state index contributed by atoms with van der Waals surface area (Å²) < 4.78 is 31.0. The summed E-state index contributed by atoms with van der Waals surface area (Å²) in [6.45, 7) is 0.751. The number of nitrogen functional groups attached to an aromatic ring is 1. The second-order valence-electron chi connectivity index (χ2n) is 3.61. The molecule has 0 amide bonds. The zero-order chi connectivity index (χ0) is 13.6. The average molecular weight is 269 g/mol. The Kier molecular flexibility index (Phi) is 5.09. The lowest BCUT2D eigenvalue weighted by Crippen LogP contribution is -2.26. The molecule has 0 spiro atoms. The number of sulfonamides is 1. The first-order valence-corrected chi connectivity index (χ1v) is 6.78. The van der Waals surface area contributed by atoms with Crippen molar-refractivity contribution in [2.75, 3.05) is 26.0 Å². The van der Waals surface area contributed by atoms with Crippen LogP contribution in [0.2, 0.25) is 0 Å². The van der Waals surface area contributed by atoms with Crippen molar-refractivity contribution >= 4 is 15.7 Å². The van der Waals surface area contributed by atoms with Crippen molar-refractivity contribution in [2.24, 2.45) is 0 Å². The summed E-state index contributed by atoms with van der Waals surface area (Å²) in [5.74, 6) is 0. The van der Waals surface area contributed by atoms with Gasteiger partial charge in [0.05, 0.1) is 17.3 Å². The molecule has 0 aliphatic rings. The van der Waals surface area contributed by atoms with Gasteiger partial charge < -0.3 is 10.5 Å². The van der Waals surface area contributed by atoms with E-state index in [9.17, 15) is 8.42 Å². The summed E-state index contributed by atoms with van der Waals surface area (Å²) in [4.78, 5) is -0.0149. The van der Waals surface area contributed by atoms with Crippen LogP contribution in [0.3, 0.4) is 0 Å². The number of rotatable bonds is 6. The number of benzene rings is 1. The number of methoxy groups -OCH3 is 1. The van der Waals surface area contributed by atoms with E-state index in [1.54, 1.807) is 7.11 Å². The van der Waals surface area contributed by atoms with E-state index in [4.69, 9.17) is 15.7 Å². The molecular weight excluding hydrogens is 254 g/mol. The normalized spacial score (nSPS) is 11.1. The molecule has 1 aromatic rings. The van der Waals surface area contributed by atoms with E-state index >= 15 is 0 Å². The largest absolute Gasteiger partial charge is 0.398 e. The third kappa shape index (κ3) is 3.70. The van der Waals surface area contributed by atoms with Crippen LogP contribution in [0.25, 0.3) is 0 Å². The monoisotopic (exact) mass is 269 g/mol. The Balaban J connectivity index is 2.82. The van der Waals surface area contributed by atoms with Crippen molar-refractivity contribution in [3.8, 4) is 6.07 Å². The number of nitrogens with zero attached hydrogens (tertiary/aromatic N) is 1. The summed E-state index contributed by atoms with van der Waals surface area (Å²) in [5, 5.41) is 8.67. The quantitative estimate of drug-likeness (QED) is 0.576. The summed E-state index contributed by atoms with van der Waals surface area (Å²) >= 11 is 0. The Hall–Kier alpha value is -1.62. The van der Waals surface area contributed by atoms with Gasteiger partial charge in [-0.15, -0.1) is 0 Å². The minimum absolute atomic E-state index is 0.0149. The molecule has 0 bridgehead atoms. The molecular formula is C11H15N3O3S. The SMILES string of the molecule is COCCCNS(=O)(=O)c1ccc(C#N)cc1N. The van der Waals surface area contributed by atoms with Crippen molar-refractivity contribution in [3.05, 3.63) is 23.8 Å². The highest BCUT2D eigenvalue weighted by Crippen LogP contribution is 2.19. The van der Waals surface area contributed by atoms with Crippen LogP contribution in [0.1, 0.15) is 12.0 Å². The Morgan fingerprint density at radius 1 is 1.50 bits per heavy atom. The van der Waals surface area contributed by atoms with Crippen LogP contribution in [-0.2, 0) is 14.8 Å². The molecule has 7 heteroatoms. The van der Waals surface area contributed by atoms with Gasteiger partial charge in [0, 0.05) is 20.3 Å². The van der Waals surface area contributed by atoms with E-state index in [-0.39, 0.29) is 17.1 Å². The van der Waals surface area contributed by atoms with Crippen molar-refractivity contribution in [1.29, 1.82) is 5.26 Å². The topological polar surface area (TPSA) is 105 Å². The predicted octanol–water partition coefficient (Wildman–Crippen LogP) is 0.455. The molecule has 0 radical (unpaired) electrons. The molecule has 0 heterocycles. The maximum Gasteiger partial charge on any atom is 0.242 e. The number of nitriles is 1. The molecule has 3 N–H and O–H groups in total. The molecule has 98 valence electrons. The minimum atomic E-state index is -3.64. The summed E-state index contributed by atoms with van der Waals surface area (Å²) in [5.41, 5.74) is 6.01. The van der Waals surface area contributed by atoms with Crippen LogP contribution >= 0.6 is 0 Å². The van der Waals surface area contributed by atoms with E-state index in [0.717, 1.165) is 0 Å². The molecule has 0 aromatic heterocycles. The Bertz CT molecular complexity index is 549. The fraction of sp³-hybridized carbons (Fsp3) is 0.364. The lowest BCUT2D eigenvalue weighted by Gasteiger charge is -2.09. The zero-order valence-corrected chi connectivity index (χ0v) is 10.8. The Morgan fingerprint density at radius 3 is 2.78 bits per heavy atom. The number of ether oxygens (including phenoxy) is 1. The van der Waals surface area contributed by atoms with Gasteiger partial charge >= 0.3 is 0 Å². The highest BCUT2D eigenvalue weighted by molar-refractivity contribution is 7.89. The summed E-state index contributed by atoms with van der Waals surface area (Å²) in [6, 6.07) is 5.97. The van der Waals surface area contributed by atoms with Gasteiger partial charge in [-0.05, 0) is 24.6 Å². The van der Waals surface area contributed by atoms with Gasteiger partial charge in [-0.1, -0.05) is 0 Å². The number of hydrogen-bond acceptors (Lipinski definition) is 5. The first-order chi connectivity index (χ1) is 8.51. The first kappa shape index (κ1) is 14.4. The van der Waals surface area contributed by atoms with Gasteiger partial charge in [0.25, 0.3) is 0 Å². The van der Waals surface area contributed by atoms with Crippen LogP contribution in [-0.4, -0.2) is 28.7 Å². The molecule has 18 heavy (non-hydrogen) atoms. The summed E-state index contributed by atoms with van der Waals surface area (Å²) in [7, 11) is -2.09. The molecule has 0 aliphatic carbocycles. The number of hydrogen-bond donors (Lipinski definition) is 2.